The molecule has 0 atom stereocenters. The van der Waals surface area contributed by atoms with E-state index in [2.05, 4.69) is 49.6 Å². The van der Waals surface area contributed by atoms with Crippen LogP contribution in [0.1, 0.15) is 34.9 Å². The maximum Gasteiger partial charge on any atom is 0.277 e. The molecule has 11 heteroatoms. The fourth-order valence-corrected chi connectivity index (χ4v) is 4.75. The van der Waals surface area contributed by atoms with Crippen LogP contribution in [0.4, 0.5) is 11.6 Å². The predicted octanol–water partition coefficient (Wildman–Crippen LogP) is 3.15. The number of benzene rings is 1. The minimum absolute atomic E-state index is 0.214. The number of piperidine rings is 1. The Labute approximate surface area is 202 Å². The third kappa shape index (κ3) is 5.00. The lowest BCUT2D eigenvalue weighted by Crippen LogP contribution is -2.35. The molecule has 0 radical (unpaired) electrons. The Morgan fingerprint density at radius 2 is 1.85 bits per heavy atom. The number of carbonyl (C=O) groups is 1. The molecule has 1 aliphatic heterocycles. The Kier molecular flexibility index (Phi) is 7.52. The van der Waals surface area contributed by atoms with E-state index in [0.717, 1.165) is 61.6 Å². The molecule has 33 heavy (non-hydrogen) atoms. The summed E-state index contributed by atoms with van der Waals surface area (Å²) in [5, 5.41) is 8.72. The number of halogens is 2. The van der Waals surface area contributed by atoms with E-state index >= 15 is 0 Å². The number of nitrogens with one attached hydrogen (secondary N) is 1. The van der Waals surface area contributed by atoms with E-state index in [1.165, 1.54) is 12.4 Å². The second-order valence-corrected chi connectivity index (χ2v) is 8.80. The summed E-state index contributed by atoms with van der Waals surface area (Å²) in [7, 11) is 2.07. The van der Waals surface area contributed by atoms with Crippen LogP contribution in [-0.2, 0) is 7.05 Å². The van der Waals surface area contributed by atoms with E-state index in [1.54, 1.807) is 5.48 Å². The highest BCUT2D eigenvalue weighted by Gasteiger charge is 2.26. The van der Waals surface area contributed by atoms with Gasteiger partial charge < -0.3 is 14.4 Å². The number of imidazole rings is 1. The van der Waals surface area contributed by atoms with E-state index in [0.29, 0.717) is 23.6 Å². The zero-order valence-electron chi connectivity index (χ0n) is 18.4. The highest BCUT2D eigenvalue weighted by Crippen LogP contribution is 2.32. The lowest BCUT2D eigenvalue weighted by Gasteiger charge is -2.31. The molecule has 0 saturated carbocycles. The zero-order valence-corrected chi connectivity index (χ0v) is 19.9. The largest absolute Gasteiger partial charge is 0.369 e. The Bertz CT molecular complexity index is 1090. The summed E-state index contributed by atoms with van der Waals surface area (Å²) >= 11 is 11.9. The van der Waals surface area contributed by atoms with Crippen molar-refractivity contribution >= 4 is 51.8 Å². The van der Waals surface area contributed by atoms with Crippen LogP contribution in [0.15, 0.2) is 30.6 Å². The molecule has 9 nitrogen and oxygen atoms in total. The van der Waals surface area contributed by atoms with Gasteiger partial charge in [0.1, 0.15) is 5.82 Å². The Hall–Kier alpha value is -2.62. The summed E-state index contributed by atoms with van der Waals surface area (Å²) in [4.78, 5) is 29.3. The van der Waals surface area contributed by atoms with Crippen LogP contribution in [-0.4, -0.2) is 68.6 Å². The van der Waals surface area contributed by atoms with E-state index in [1.807, 2.05) is 0 Å². The second kappa shape index (κ2) is 10.5. The summed E-state index contributed by atoms with van der Waals surface area (Å²) in [5.74, 6) is 2.46. The van der Waals surface area contributed by atoms with Gasteiger partial charge in [0, 0.05) is 69.0 Å². The molecule has 0 bridgehead atoms. The molecule has 1 aromatic carbocycles. The van der Waals surface area contributed by atoms with Gasteiger partial charge in [-0.2, -0.15) is 0 Å². The summed E-state index contributed by atoms with van der Waals surface area (Å²) in [5.41, 5.74) is 4.96. The lowest BCUT2D eigenvalue weighted by molar-refractivity contribution is 0.0705. The van der Waals surface area contributed by atoms with Crippen LogP contribution in [0.3, 0.4) is 0 Å². The second-order valence-electron chi connectivity index (χ2n) is 8.04. The SMILES string of the molecule is Cn1c(C2CCN(c3ncc(C(=O)NO)cn3)CC2)nc2cc(N(CCCl)CCCl)ccc21. The van der Waals surface area contributed by atoms with Gasteiger partial charge in [-0.15, -0.1) is 23.2 Å². The first kappa shape index (κ1) is 23.5. The van der Waals surface area contributed by atoms with Crippen LogP contribution < -0.4 is 15.3 Å². The number of alkyl halides is 2. The van der Waals surface area contributed by atoms with E-state index < -0.39 is 5.91 Å². The number of carbonyl (C=O) groups excluding carboxylic acids is 1. The molecule has 3 aromatic rings. The molecule has 1 amide bonds. The van der Waals surface area contributed by atoms with E-state index in [9.17, 15) is 4.79 Å². The van der Waals surface area contributed by atoms with Gasteiger partial charge in [-0.3, -0.25) is 10.0 Å². The smallest absolute Gasteiger partial charge is 0.277 e. The van der Waals surface area contributed by atoms with Crippen LogP contribution in [0.2, 0.25) is 0 Å². The molecule has 1 saturated heterocycles. The van der Waals surface area contributed by atoms with Crippen LogP contribution in [0, 0.1) is 0 Å². The Balaban J connectivity index is 1.47. The molecule has 0 unspecified atom stereocenters. The van der Waals surface area contributed by atoms with Crippen molar-refractivity contribution < 1.29 is 10.0 Å². The summed E-state index contributed by atoms with van der Waals surface area (Å²) in [6.07, 6.45) is 4.69. The Morgan fingerprint density at radius 1 is 1.18 bits per heavy atom. The van der Waals surface area contributed by atoms with Crippen molar-refractivity contribution in [2.45, 2.75) is 18.8 Å². The van der Waals surface area contributed by atoms with Crippen molar-refractivity contribution in [1.29, 1.82) is 0 Å². The third-order valence-corrected chi connectivity index (χ3v) is 6.46. The number of fused-ring (bicyclic) bond motifs is 1. The quantitative estimate of drug-likeness (QED) is 0.283. The van der Waals surface area contributed by atoms with Gasteiger partial charge in [-0.05, 0) is 31.0 Å². The molecule has 0 spiro atoms. The number of aryl methyl sites for hydroxylation is 1. The highest BCUT2D eigenvalue weighted by molar-refractivity contribution is 6.18. The van der Waals surface area contributed by atoms with Crippen molar-refractivity contribution in [3.63, 3.8) is 0 Å². The predicted molar refractivity (Wildman–Crippen MR) is 130 cm³/mol. The number of amides is 1. The molecule has 2 N–H and O–H groups in total. The number of hydroxylamine groups is 1. The molecule has 3 heterocycles. The molecule has 2 aromatic heterocycles. The topological polar surface area (TPSA) is 99.4 Å². The summed E-state index contributed by atoms with van der Waals surface area (Å²) in [6, 6.07) is 6.34. The molecule has 1 fully saturated rings. The van der Waals surface area contributed by atoms with Crippen molar-refractivity contribution in [2.24, 2.45) is 7.05 Å². The van der Waals surface area contributed by atoms with Crippen molar-refractivity contribution in [3.05, 3.63) is 42.0 Å². The minimum Gasteiger partial charge on any atom is -0.369 e. The van der Waals surface area contributed by atoms with Crippen molar-refractivity contribution in [2.75, 3.05) is 47.7 Å². The van der Waals surface area contributed by atoms with Crippen LogP contribution in [0.5, 0.6) is 0 Å². The fraction of sp³-hybridized carbons (Fsp3) is 0.455. The van der Waals surface area contributed by atoms with Crippen molar-refractivity contribution in [3.8, 4) is 0 Å². The van der Waals surface area contributed by atoms with Gasteiger partial charge in [0.15, 0.2) is 0 Å². The molecular formula is C22H27Cl2N7O2. The van der Waals surface area contributed by atoms with Gasteiger partial charge in [0.05, 0.1) is 16.6 Å². The number of aromatic nitrogens is 4. The monoisotopic (exact) mass is 491 g/mol. The summed E-state index contributed by atoms with van der Waals surface area (Å²) in [6.45, 7) is 3.07. The normalized spacial score (nSPS) is 14.6. The molecule has 4 rings (SSSR count). The first-order valence-corrected chi connectivity index (χ1v) is 12.0. The fourth-order valence-electron chi connectivity index (χ4n) is 4.35. The standard InChI is InChI=1S/C22H27Cl2N7O2/c1-29-19-3-2-17(30(10-6-23)11-7-24)12-18(19)27-20(29)15-4-8-31(9-5-15)22-25-13-16(14-26-22)21(32)28-33/h2-3,12-15,33H,4-11H2,1H3,(H,28,32). The number of anilines is 2. The van der Waals surface area contributed by atoms with Gasteiger partial charge >= 0.3 is 0 Å². The molecule has 176 valence electrons. The van der Waals surface area contributed by atoms with E-state index in [-0.39, 0.29) is 5.56 Å². The molecule has 1 aliphatic rings. The van der Waals surface area contributed by atoms with Crippen LogP contribution in [0.25, 0.3) is 11.0 Å². The number of nitrogens with zero attached hydrogens (tertiary/aromatic N) is 6. The molecule has 0 aliphatic carbocycles. The first-order chi connectivity index (χ1) is 16.0. The molecular weight excluding hydrogens is 465 g/mol. The summed E-state index contributed by atoms with van der Waals surface area (Å²) < 4.78 is 2.19. The highest BCUT2D eigenvalue weighted by atomic mass is 35.5. The average molecular weight is 492 g/mol. The maximum atomic E-state index is 11.5. The zero-order chi connectivity index (χ0) is 23.4. The Morgan fingerprint density at radius 3 is 2.45 bits per heavy atom. The number of hydrogen-bond acceptors (Lipinski definition) is 7. The maximum absolute atomic E-state index is 11.5. The van der Waals surface area contributed by atoms with Gasteiger partial charge in [0.25, 0.3) is 5.91 Å². The van der Waals surface area contributed by atoms with Gasteiger partial charge in [-0.25, -0.2) is 20.4 Å². The number of hydrogen-bond donors (Lipinski definition) is 2. The van der Waals surface area contributed by atoms with Crippen LogP contribution >= 0.6 is 23.2 Å². The minimum atomic E-state index is -0.626. The van der Waals surface area contributed by atoms with Gasteiger partial charge in [0.2, 0.25) is 5.95 Å². The third-order valence-electron chi connectivity index (χ3n) is 6.12. The number of rotatable bonds is 8. The van der Waals surface area contributed by atoms with Gasteiger partial charge in [-0.1, -0.05) is 0 Å². The lowest BCUT2D eigenvalue weighted by atomic mass is 9.96. The van der Waals surface area contributed by atoms with Crippen molar-refractivity contribution in [1.82, 2.24) is 25.0 Å². The van der Waals surface area contributed by atoms with E-state index in [4.69, 9.17) is 33.4 Å². The average Bonchev–Trinajstić information content (AvgIpc) is 3.19. The first-order valence-electron chi connectivity index (χ1n) is 10.9.